The van der Waals surface area contributed by atoms with Crippen LogP contribution in [0.25, 0.3) is 0 Å². The van der Waals surface area contributed by atoms with Gasteiger partial charge in [0.1, 0.15) is 0 Å². The van der Waals surface area contributed by atoms with Gasteiger partial charge in [0, 0.05) is 0 Å². The van der Waals surface area contributed by atoms with Gasteiger partial charge in [0.2, 0.25) is 0 Å². The average molecular weight is 215 g/mol. The maximum atomic E-state index is 3.51. The fourth-order valence-electron chi connectivity index (χ4n) is 3.18. The van der Waals surface area contributed by atoms with Crippen LogP contribution in [0.2, 0.25) is 0 Å². The number of hydrogen-bond acceptors (Lipinski definition) is 1. The molecule has 1 N–H and O–H groups in total. The Hall–Kier alpha value is -0.820. The van der Waals surface area contributed by atoms with Crippen LogP contribution in [0.1, 0.15) is 36.0 Å². The summed E-state index contributed by atoms with van der Waals surface area (Å²) < 4.78 is 0. The first kappa shape index (κ1) is 10.3. The van der Waals surface area contributed by atoms with Crippen LogP contribution >= 0.6 is 0 Å². The van der Waals surface area contributed by atoms with Crippen molar-refractivity contribution in [3.8, 4) is 0 Å². The molecule has 0 amide bonds. The minimum Gasteiger partial charge on any atom is -0.316 e. The largest absolute Gasteiger partial charge is 0.316 e. The molecule has 1 aromatic carbocycles. The summed E-state index contributed by atoms with van der Waals surface area (Å²) >= 11 is 0. The van der Waals surface area contributed by atoms with Crippen LogP contribution < -0.4 is 5.32 Å². The Bertz CT molecular complexity index is 364. The van der Waals surface area contributed by atoms with Crippen molar-refractivity contribution in [2.75, 3.05) is 13.1 Å². The molecule has 0 radical (unpaired) electrons. The lowest BCUT2D eigenvalue weighted by molar-refractivity contribution is 0.376. The maximum Gasteiger partial charge on any atom is -0.00173 e. The van der Waals surface area contributed by atoms with Gasteiger partial charge in [-0.2, -0.15) is 0 Å². The Morgan fingerprint density at radius 2 is 2.06 bits per heavy atom. The van der Waals surface area contributed by atoms with E-state index in [1.54, 1.807) is 16.7 Å². The van der Waals surface area contributed by atoms with Crippen LogP contribution in [0.3, 0.4) is 0 Å². The second kappa shape index (κ2) is 4.58. The molecule has 16 heavy (non-hydrogen) atoms. The van der Waals surface area contributed by atoms with E-state index < -0.39 is 0 Å². The number of rotatable bonds is 2. The van der Waals surface area contributed by atoms with Crippen molar-refractivity contribution < 1.29 is 0 Å². The van der Waals surface area contributed by atoms with Gasteiger partial charge >= 0.3 is 0 Å². The van der Waals surface area contributed by atoms with E-state index in [1.807, 2.05) is 0 Å². The Kier molecular flexibility index (Phi) is 2.96. The van der Waals surface area contributed by atoms with Crippen molar-refractivity contribution in [1.82, 2.24) is 5.32 Å². The van der Waals surface area contributed by atoms with Crippen LogP contribution in [-0.4, -0.2) is 13.1 Å². The standard InChI is InChI=1S/C15H21N/c1-4-14-7-6-12(10-15(14)5-1)9-13-3-2-8-16-11-13/h6-7,10,13,16H,1-5,8-9,11H2. The summed E-state index contributed by atoms with van der Waals surface area (Å²) in [7, 11) is 0. The first-order valence-electron chi connectivity index (χ1n) is 6.73. The van der Waals surface area contributed by atoms with Gasteiger partial charge in [0.15, 0.2) is 0 Å². The normalized spacial score (nSPS) is 24.4. The summed E-state index contributed by atoms with van der Waals surface area (Å²) in [4.78, 5) is 0. The van der Waals surface area contributed by atoms with Crippen molar-refractivity contribution in [3.63, 3.8) is 0 Å². The highest BCUT2D eigenvalue weighted by atomic mass is 14.9. The summed E-state index contributed by atoms with van der Waals surface area (Å²) in [5.74, 6) is 0.869. The zero-order chi connectivity index (χ0) is 10.8. The number of aryl methyl sites for hydroxylation is 2. The number of benzene rings is 1. The molecule has 1 aromatic rings. The Labute approximate surface area is 98.3 Å². The first-order chi connectivity index (χ1) is 7.92. The van der Waals surface area contributed by atoms with Gasteiger partial charge in [-0.3, -0.25) is 0 Å². The number of hydrogen-bond donors (Lipinski definition) is 1. The molecule has 1 unspecified atom stereocenters. The van der Waals surface area contributed by atoms with Crippen LogP contribution in [-0.2, 0) is 19.3 Å². The molecular weight excluding hydrogens is 194 g/mol. The summed E-state index contributed by atoms with van der Waals surface area (Å²) in [6, 6.07) is 7.20. The highest BCUT2D eigenvalue weighted by Gasteiger charge is 2.15. The van der Waals surface area contributed by atoms with Crippen LogP contribution in [0.4, 0.5) is 0 Å². The molecule has 1 aliphatic heterocycles. The van der Waals surface area contributed by atoms with E-state index in [2.05, 4.69) is 23.5 Å². The van der Waals surface area contributed by atoms with Gasteiger partial charge in [0.05, 0.1) is 0 Å². The first-order valence-corrected chi connectivity index (χ1v) is 6.73. The Morgan fingerprint density at radius 3 is 2.94 bits per heavy atom. The van der Waals surface area contributed by atoms with Crippen LogP contribution in [0, 0.1) is 5.92 Å². The molecule has 1 fully saturated rings. The van der Waals surface area contributed by atoms with Crippen molar-refractivity contribution in [3.05, 3.63) is 34.9 Å². The topological polar surface area (TPSA) is 12.0 Å². The van der Waals surface area contributed by atoms with E-state index in [0.717, 1.165) is 5.92 Å². The minimum absolute atomic E-state index is 0.869. The fourth-order valence-corrected chi connectivity index (χ4v) is 3.18. The molecule has 0 bridgehead atoms. The lowest BCUT2D eigenvalue weighted by atomic mass is 9.91. The monoisotopic (exact) mass is 215 g/mol. The molecule has 1 atom stereocenters. The van der Waals surface area contributed by atoms with Gasteiger partial charge in [-0.05, 0) is 74.2 Å². The number of fused-ring (bicyclic) bond motifs is 1. The molecule has 1 heterocycles. The van der Waals surface area contributed by atoms with Gasteiger partial charge in [-0.1, -0.05) is 18.2 Å². The van der Waals surface area contributed by atoms with E-state index in [9.17, 15) is 0 Å². The lowest BCUT2D eigenvalue weighted by Gasteiger charge is -2.22. The van der Waals surface area contributed by atoms with Crippen LogP contribution in [0.15, 0.2) is 18.2 Å². The second-order valence-corrected chi connectivity index (χ2v) is 5.37. The smallest absolute Gasteiger partial charge is 0.00173 e. The molecular formula is C15H21N. The predicted molar refractivity (Wildman–Crippen MR) is 67.8 cm³/mol. The predicted octanol–water partition coefficient (Wildman–Crippen LogP) is 2.72. The highest BCUT2D eigenvalue weighted by Crippen LogP contribution is 2.25. The van der Waals surface area contributed by atoms with E-state index in [1.165, 1.54) is 51.6 Å². The molecule has 1 saturated heterocycles. The Morgan fingerprint density at radius 1 is 1.12 bits per heavy atom. The highest BCUT2D eigenvalue weighted by molar-refractivity contribution is 5.35. The molecule has 1 aliphatic carbocycles. The average Bonchev–Trinajstić information content (AvgIpc) is 2.77. The Balaban J connectivity index is 1.69. The van der Waals surface area contributed by atoms with E-state index in [-0.39, 0.29) is 0 Å². The quantitative estimate of drug-likeness (QED) is 0.800. The van der Waals surface area contributed by atoms with E-state index in [0.29, 0.717) is 0 Å². The maximum absolute atomic E-state index is 3.51. The molecule has 0 saturated carbocycles. The van der Waals surface area contributed by atoms with E-state index >= 15 is 0 Å². The summed E-state index contributed by atoms with van der Waals surface area (Å²) in [5.41, 5.74) is 4.79. The zero-order valence-corrected chi connectivity index (χ0v) is 9.97. The van der Waals surface area contributed by atoms with Gasteiger partial charge in [-0.15, -0.1) is 0 Å². The third kappa shape index (κ3) is 2.15. The van der Waals surface area contributed by atoms with Gasteiger partial charge < -0.3 is 5.32 Å². The van der Waals surface area contributed by atoms with Crippen molar-refractivity contribution in [2.45, 2.75) is 38.5 Å². The lowest BCUT2D eigenvalue weighted by Crippen LogP contribution is -2.30. The molecule has 0 aromatic heterocycles. The third-order valence-corrected chi connectivity index (χ3v) is 4.09. The van der Waals surface area contributed by atoms with Crippen molar-refractivity contribution in [2.24, 2.45) is 5.92 Å². The molecule has 1 nitrogen and oxygen atoms in total. The molecule has 3 rings (SSSR count). The van der Waals surface area contributed by atoms with Crippen molar-refractivity contribution in [1.29, 1.82) is 0 Å². The SMILES string of the molecule is c1cc2c(cc1CC1CCCNC1)CCC2. The van der Waals surface area contributed by atoms with E-state index in [4.69, 9.17) is 0 Å². The molecule has 1 heteroatoms. The van der Waals surface area contributed by atoms with Gasteiger partial charge in [0.25, 0.3) is 0 Å². The summed E-state index contributed by atoms with van der Waals surface area (Å²) in [6.45, 7) is 2.44. The summed E-state index contributed by atoms with van der Waals surface area (Å²) in [5, 5.41) is 3.51. The zero-order valence-electron chi connectivity index (χ0n) is 9.97. The fraction of sp³-hybridized carbons (Fsp3) is 0.600. The molecule has 86 valence electrons. The second-order valence-electron chi connectivity index (χ2n) is 5.37. The van der Waals surface area contributed by atoms with Crippen molar-refractivity contribution >= 4 is 0 Å². The van der Waals surface area contributed by atoms with Crippen LogP contribution in [0.5, 0.6) is 0 Å². The minimum atomic E-state index is 0.869. The third-order valence-electron chi connectivity index (χ3n) is 4.09. The molecule has 0 spiro atoms. The van der Waals surface area contributed by atoms with Gasteiger partial charge in [-0.25, -0.2) is 0 Å². The number of piperidine rings is 1. The summed E-state index contributed by atoms with van der Waals surface area (Å²) in [6.07, 6.45) is 8.02. The molecule has 2 aliphatic rings. The number of nitrogens with one attached hydrogen (secondary N) is 1.